The van der Waals surface area contributed by atoms with Crippen LogP contribution in [0.4, 0.5) is 0 Å². The predicted molar refractivity (Wildman–Crippen MR) is 98.0 cm³/mol. The Morgan fingerprint density at radius 2 is 2.19 bits per heavy atom. The summed E-state index contributed by atoms with van der Waals surface area (Å²) in [6, 6.07) is 7.22. The Bertz CT molecular complexity index is 1140. The number of benzene rings is 1. The molecule has 3 aromatic rings. The number of ether oxygens (including phenoxy) is 1. The molecule has 27 heavy (non-hydrogen) atoms. The number of nitrogens with zero attached hydrogens (tertiary/aromatic N) is 2. The number of thiazole rings is 1. The Morgan fingerprint density at radius 1 is 1.41 bits per heavy atom. The first-order chi connectivity index (χ1) is 12.9. The van der Waals surface area contributed by atoms with Gasteiger partial charge in [0.05, 0.1) is 11.5 Å². The van der Waals surface area contributed by atoms with Gasteiger partial charge in [0, 0.05) is 22.2 Å². The molecule has 0 unspecified atom stereocenters. The minimum Gasteiger partial charge on any atom is -0.452 e. The van der Waals surface area contributed by atoms with Gasteiger partial charge in [-0.2, -0.15) is 5.26 Å². The molecule has 2 aromatic heterocycles. The minimum absolute atomic E-state index is 0.165. The zero-order valence-corrected chi connectivity index (χ0v) is 15.5. The fourth-order valence-electron chi connectivity index (χ4n) is 2.29. The molecule has 0 radical (unpaired) electrons. The number of esters is 1. The minimum atomic E-state index is -1.12. The first-order valence-electron chi connectivity index (χ1n) is 7.64. The van der Waals surface area contributed by atoms with Gasteiger partial charge < -0.3 is 9.15 Å². The summed E-state index contributed by atoms with van der Waals surface area (Å²) in [7, 11) is 0. The number of halogens is 1. The summed E-state index contributed by atoms with van der Waals surface area (Å²) in [5, 5.41) is 11.8. The van der Waals surface area contributed by atoms with Crippen molar-refractivity contribution in [1.29, 1.82) is 5.26 Å². The standard InChI is InChI=1S/C18H11ClN2O5S/c1-9-8-27-17(21-9)12(6-20)14(23)7-25-18(24)16-5-13(22)11-4-10(19)2-3-15(11)26-16/h2-5,8,12H,7H2,1H3/t12-/m1/s1. The average molecular weight is 403 g/mol. The third kappa shape index (κ3) is 4.05. The molecular formula is C18H11ClN2O5S. The molecule has 2 heterocycles. The van der Waals surface area contributed by atoms with Gasteiger partial charge in [0.15, 0.2) is 23.7 Å². The van der Waals surface area contributed by atoms with Crippen LogP contribution in [0.2, 0.25) is 5.02 Å². The Hall–Kier alpha value is -3.02. The maximum Gasteiger partial charge on any atom is 0.374 e. The number of hydrogen-bond donors (Lipinski definition) is 0. The lowest BCUT2D eigenvalue weighted by atomic mass is 10.1. The van der Waals surface area contributed by atoms with E-state index < -0.39 is 29.7 Å². The molecule has 1 atom stereocenters. The molecule has 0 aliphatic heterocycles. The zero-order valence-electron chi connectivity index (χ0n) is 13.9. The smallest absolute Gasteiger partial charge is 0.374 e. The molecule has 0 saturated carbocycles. The van der Waals surface area contributed by atoms with Crippen molar-refractivity contribution in [3.63, 3.8) is 0 Å². The molecule has 7 nitrogen and oxygen atoms in total. The van der Waals surface area contributed by atoms with E-state index in [1.165, 1.54) is 29.5 Å². The van der Waals surface area contributed by atoms with Crippen molar-refractivity contribution in [1.82, 2.24) is 4.98 Å². The van der Waals surface area contributed by atoms with Gasteiger partial charge in [0.2, 0.25) is 5.76 Å². The lowest BCUT2D eigenvalue weighted by Crippen LogP contribution is -2.20. The van der Waals surface area contributed by atoms with Crippen molar-refractivity contribution in [2.75, 3.05) is 6.61 Å². The Balaban J connectivity index is 1.75. The quantitative estimate of drug-likeness (QED) is 0.602. The summed E-state index contributed by atoms with van der Waals surface area (Å²) in [5.74, 6) is -3.07. The van der Waals surface area contributed by atoms with Crippen molar-refractivity contribution in [2.45, 2.75) is 12.8 Å². The van der Waals surface area contributed by atoms with Crippen LogP contribution in [-0.2, 0) is 9.53 Å². The van der Waals surface area contributed by atoms with E-state index in [1.807, 2.05) is 6.07 Å². The first-order valence-corrected chi connectivity index (χ1v) is 8.89. The van der Waals surface area contributed by atoms with Crippen molar-refractivity contribution >= 4 is 45.7 Å². The van der Waals surface area contributed by atoms with E-state index in [2.05, 4.69) is 4.98 Å². The highest BCUT2D eigenvalue weighted by atomic mass is 35.5. The Labute approximate surface area is 161 Å². The van der Waals surface area contributed by atoms with E-state index in [9.17, 15) is 19.6 Å². The molecule has 9 heteroatoms. The summed E-state index contributed by atoms with van der Waals surface area (Å²) < 4.78 is 10.3. The second kappa shape index (κ2) is 7.70. The van der Waals surface area contributed by atoms with Crippen molar-refractivity contribution in [2.24, 2.45) is 0 Å². The number of fused-ring (bicyclic) bond motifs is 1. The predicted octanol–water partition coefficient (Wildman–Crippen LogP) is 3.24. The number of hydrogen-bond acceptors (Lipinski definition) is 8. The Kier molecular flexibility index (Phi) is 5.35. The number of aromatic nitrogens is 1. The summed E-state index contributed by atoms with van der Waals surface area (Å²) in [6.07, 6.45) is 0. The summed E-state index contributed by atoms with van der Waals surface area (Å²) >= 11 is 7.01. The second-order valence-corrected chi connectivity index (χ2v) is 6.87. The van der Waals surface area contributed by atoms with E-state index >= 15 is 0 Å². The van der Waals surface area contributed by atoms with Crippen LogP contribution in [0.1, 0.15) is 27.2 Å². The van der Waals surface area contributed by atoms with Crippen molar-refractivity contribution in [3.8, 4) is 6.07 Å². The summed E-state index contributed by atoms with van der Waals surface area (Å²) in [4.78, 5) is 40.5. The van der Waals surface area contributed by atoms with Crippen LogP contribution in [-0.4, -0.2) is 23.3 Å². The normalized spacial score (nSPS) is 11.7. The summed E-state index contributed by atoms with van der Waals surface area (Å²) in [6.45, 7) is 1.10. The van der Waals surface area contributed by atoms with Gasteiger partial charge in [-0.1, -0.05) is 11.6 Å². The fourth-order valence-corrected chi connectivity index (χ4v) is 3.32. The largest absolute Gasteiger partial charge is 0.452 e. The highest BCUT2D eigenvalue weighted by molar-refractivity contribution is 7.09. The van der Waals surface area contributed by atoms with Crippen molar-refractivity contribution in [3.05, 3.63) is 61.4 Å². The van der Waals surface area contributed by atoms with E-state index in [0.29, 0.717) is 15.7 Å². The van der Waals surface area contributed by atoms with Gasteiger partial charge in [-0.15, -0.1) is 11.3 Å². The highest BCUT2D eigenvalue weighted by Gasteiger charge is 2.25. The molecule has 0 bridgehead atoms. The van der Waals surface area contributed by atoms with E-state index in [1.54, 1.807) is 12.3 Å². The zero-order chi connectivity index (χ0) is 19.6. The third-order valence-corrected chi connectivity index (χ3v) is 4.83. The number of carbonyl (C=O) groups excluding carboxylic acids is 2. The molecule has 136 valence electrons. The van der Waals surface area contributed by atoms with Gasteiger partial charge in [0.25, 0.3) is 0 Å². The van der Waals surface area contributed by atoms with Gasteiger partial charge >= 0.3 is 5.97 Å². The highest BCUT2D eigenvalue weighted by Crippen LogP contribution is 2.21. The van der Waals surface area contributed by atoms with Crippen LogP contribution in [0.5, 0.6) is 0 Å². The van der Waals surface area contributed by atoms with Gasteiger partial charge in [-0.3, -0.25) is 9.59 Å². The summed E-state index contributed by atoms with van der Waals surface area (Å²) in [5.41, 5.74) is 0.390. The average Bonchev–Trinajstić information content (AvgIpc) is 3.06. The maximum absolute atomic E-state index is 12.2. The van der Waals surface area contributed by atoms with E-state index in [0.717, 1.165) is 6.07 Å². The van der Waals surface area contributed by atoms with E-state index in [-0.39, 0.29) is 16.7 Å². The molecule has 1 aromatic carbocycles. The van der Waals surface area contributed by atoms with Crippen molar-refractivity contribution < 1.29 is 18.7 Å². The molecule has 0 aliphatic rings. The van der Waals surface area contributed by atoms with Gasteiger partial charge in [-0.05, 0) is 25.1 Å². The van der Waals surface area contributed by atoms with Crippen LogP contribution < -0.4 is 5.43 Å². The molecule has 0 N–H and O–H groups in total. The third-order valence-electron chi connectivity index (χ3n) is 3.57. The molecule has 0 saturated heterocycles. The second-order valence-electron chi connectivity index (χ2n) is 5.55. The monoisotopic (exact) mass is 402 g/mol. The van der Waals surface area contributed by atoms with E-state index in [4.69, 9.17) is 20.8 Å². The lowest BCUT2D eigenvalue weighted by molar-refractivity contribution is -0.122. The van der Waals surface area contributed by atoms with Crippen LogP contribution in [0.15, 0.2) is 38.9 Å². The molecule has 3 rings (SSSR count). The maximum atomic E-state index is 12.2. The lowest BCUT2D eigenvalue weighted by Gasteiger charge is -2.07. The SMILES string of the molecule is Cc1csc([C@H](C#N)C(=O)COC(=O)c2cc(=O)c3cc(Cl)ccc3o2)n1. The molecule has 0 fully saturated rings. The van der Waals surface area contributed by atoms with Crippen LogP contribution in [0.3, 0.4) is 0 Å². The van der Waals surface area contributed by atoms with Crippen LogP contribution >= 0.6 is 22.9 Å². The number of aryl methyl sites for hydroxylation is 1. The first kappa shape index (κ1) is 18.8. The van der Waals surface area contributed by atoms with Gasteiger partial charge in [0.1, 0.15) is 10.6 Å². The molecular weight excluding hydrogens is 392 g/mol. The Morgan fingerprint density at radius 3 is 2.85 bits per heavy atom. The number of nitriles is 1. The number of carbonyl (C=O) groups is 2. The van der Waals surface area contributed by atoms with Gasteiger partial charge in [-0.25, -0.2) is 9.78 Å². The van der Waals surface area contributed by atoms with Crippen LogP contribution in [0.25, 0.3) is 11.0 Å². The molecule has 0 spiro atoms. The number of ketones is 1. The number of rotatable bonds is 5. The fraction of sp³-hybridized carbons (Fsp3) is 0.167. The topological polar surface area (TPSA) is 110 Å². The molecule has 0 aliphatic carbocycles. The number of Topliss-reactive ketones (excluding diaryl/α,β-unsaturated/α-hetero) is 1. The molecule has 0 amide bonds. The van der Waals surface area contributed by atoms with Crippen LogP contribution in [0, 0.1) is 18.3 Å².